The van der Waals surface area contributed by atoms with Crippen molar-refractivity contribution in [2.45, 2.75) is 19.1 Å². The summed E-state index contributed by atoms with van der Waals surface area (Å²) in [5.74, 6) is -0.558. The van der Waals surface area contributed by atoms with Crippen LogP contribution in [0.25, 0.3) is 0 Å². The van der Waals surface area contributed by atoms with Crippen molar-refractivity contribution in [2.75, 3.05) is 11.6 Å². The van der Waals surface area contributed by atoms with Crippen molar-refractivity contribution in [3.8, 4) is 0 Å². The molecule has 0 radical (unpaired) electrons. The van der Waals surface area contributed by atoms with Gasteiger partial charge in [-0.2, -0.15) is 0 Å². The summed E-state index contributed by atoms with van der Waals surface area (Å²) in [5, 5.41) is 2.00. The van der Waals surface area contributed by atoms with E-state index in [1.165, 1.54) is 6.92 Å². The molecular formula is C11H14ClNO3S. The molecule has 0 fully saturated rings. The van der Waals surface area contributed by atoms with Gasteiger partial charge in [0.2, 0.25) is 5.91 Å². The van der Waals surface area contributed by atoms with E-state index >= 15 is 0 Å². The minimum absolute atomic E-state index is 0.523. The predicted molar refractivity (Wildman–Crippen MR) is 69.1 cm³/mol. The van der Waals surface area contributed by atoms with Crippen LogP contribution in [0.1, 0.15) is 12.5 Å². The number of anilines is 1. The molecule has 0 aliphatic heterocycles. The van der Waals surface area contributed by atoms with Crippen molar-refractivity contribution >= 4 is 33.0 Å². The van der Waals surface area contributed by atoms with Crippen LogP contribution in [0.4, 0.5) is 5.69 Å². The number of carbonyl (C=O) groups excluding carboxylic acids is 1. The first kappa shape index (κ1) is 14.0. The number of sulfone groups is 1. The lowest BCUT2D eigenvalue weighted by Crippen LogP contribution is -2.32. The molecule has 0 spiro atoms. The van der Waals surface area contributed by atoms with Crippen LogP contribution >= 0.6 is 11.6 Å². The first-order chi connectivity index (χ1) is 7.73. The molecule has 1 amide bonds. The Morgan fingerprint density at radius 2 is 2.00 bits per heavy atom. The van der Waals surface area contributed by atoms with E-state index in [1.54, 1.807) is 25.1 Å². The molecule has 0 saturated heterocycles. The van der Waals surface area contributed by atoms with Gasteiger partial charge in [0.15, 0.2) is 9.84 Å². The van der Waals surface area contributed by atoms with E-state index < -0.39 is 21.0 Å². The van der Waals surface area contributed by atoms with Crippen LogP contribution in [0, 0.1) is 6.92 Å². The third-order valence-electron chi connectivity index (χ3n) is 2.54. The Kier molecular flexibility index (Phi) is 4.16. The summed E-state index contributed by atoms with van der Waals surface area (Å²) < 4.78 is 22.5. The fourth-order valence-corrected chi connectivity index (χ4v) is 1.79. The number of amides is 1. The lowest BCUT2D eigenvalue weighted by molar-refractivity contribution is -0.115. The highest BCUT2D eigenvalue weighted by Crippen LogP contribution is 2.23. The van der Waals surface area contributed by atoms with Crippen LogP contribution < -0.4 is 5.32 Å². The largest absolute Gasteiger partial charge is 0.325 e. The van der Waals surface area contributed by atoms with Gasteiger partial charge in [-0.1, -0.05) is 17.7 Å². The minimum Gasteiger partial charge on any atom is -0.325 e. The summed E-state index contributed by atoms with van der Waals surface area (Å²) in [7, 11) is -3.39. The first-order valence-electron chi connectivity index (χ1n) is 4.98. The Hall–Kier alpha value is -1.07. The van der Waals surface area contributed by atoms with Crippen molar-refractivity contribution in [3.63, 3.8) is 0 Å². The lowest BCUT2D eigenvalue weighted by Gasteiger charge is -2.12. The Morgan fingerprint density at radius 1 is 1.41 bits per heavy atom. The molecule has 0 aliphatic rings. The highest BCUT2D eigenvalue weighted by Gasteiger charge is 2.23. The standard InChI is InChI=1S/C11H14ClNO3S/c1-7-9(12)5-4-6-10(7)13-11(14)8(2)17(3,15)16/h4-6,8H,1-3H3,(H,13,14)/t8-/m1/s1. The van der Waals surface area contributed by atoms with Crippen molar-refractivity contribution in [1.82, 2.24) is 0 Å². The average molecular weight is 276 g/mol. The molecule has 0 heterocycles. The highest BCUT2D eigenvalue weighted by atomic mass is 35.5. The number of rotatable bonds is 3. The SMILES string of the molecule is Cc1c(Cl)cccc1NC(=O)[C@@H](C)S(C)(=O)=O. The number of hydrogen-bond acceptors (Lipinski definition) is 3. The van der Waals surface area contributed by atoms with Gasteiger partial charge in [0.1, 0.15) is 5.25 Å². The van der Waals surface area contributed by atoms with Gasteiger partial charge < -0.3 is 5.32 Å². The predicted octanol–water partition coefficient (Wildman–Crippen LogP) is 2.02. The van der Waals surface area contributed by atoms with Crippen LogP contribution in [0.3, 0.4) is 0 Å². The van der Waals surface area contributed by atoms with Crippen LogP contribution in [-0.4, -0.2) is 25.8 Å². The average Bonchev–Trinajstić information content (AvgIpc) is 2.22. The van der Waals surface area contributed by atoms with Crippen molar-refractivity contribution in [3.05, 3.63) is 28.8 Å². The fourth-order valence-electron chi connectivity index (χ4n) is 1.17. The van der Waals surface area contributed by atoms with E-state index in [2.05, 4.69) is 5.32 Å². The molecule has 4 nitrogen and oxygen atoms in total. The van der Waals surface area contributed by atoms with Gasteiger partial charge in [-0.25, -0.2) is 8.42 Å². The zero-order valence-electron chi connectivity index (χ0n) is 9.82. The van der Waals surface area contributed by atoms with E-state index in [0.717, 1.165) is 6.26 Å². The molecule has 94 valence electrons. The van der Waals surface area contributed by atoms with Gasteiger partial charge in [-0.15, -0.1) is 0 Å². The minimum atomic E-state index is -3.39. The molecule has 1 N–H and O–H groups in total. The van der Waals surface area contributed by atoms with Crippen molar-refractivity contribution in [2.24, 2.45) is 0 Å². The Labute approximate surface area is 106 Å². The number of halogens is 1. The Balaban J connectivity index is 2.93. The fraction of sp³-hybridized carbons (Fsp3) is 0.364. The second kappa shape index (κ2) is 5.06. The van der Waals surface area contributed by atoms with Gasteiger partial charge in [-0.05, 0) is 31.5 Å². The smallest absolute Gasteiger partial charge is 0.242 e. The first-order valence-corrected chi connectivity index (χ1v) is 7.31. The number of hydrogen-bond donors (Lipinski definition) is 1. The van der Waals surface area contributed by atoms with Crippen molar-refractivity contribution in [1.29, 1.82) is 0 Å². The zero-order chi connectivity index (χ0) is 13.2. The Bertz CT molecular complexity index is 540. The molecule has 6 heteroatoms. The van der Waals surface area contributed by atoms with Gasteiger partial charge in [0.05, 0.1) is 0 Å². The topological polar surface area (TPSA) is 63.2 Å². The Morgan fingerprint density at radius 3 is 2.53 bits per heavy atom. The molecule has 0 unspecified atom stereocenters. The molecule has 0 bridgehead atoms. The molecule has 17 heavy (non-hydrogen) atoms. The molecule has 0 aromatic heterocycles. The van der Waals surface area contributed by atoms with E-state index in [4.69, 9.17) is 11.6 Å². The van der Waals surface area contributed by atoms with Gasteiger partial charge in [0, 0.05) is 17.0 Å². The molecule has 1 atom stereocenters. The third-order valence-corrected chi connectivity index (χ3v) is 4.45. The molecule has 0 saturated carbocycles. The van der Waals surface area contributed by atoms with Gasteiger partial charge in [0.25, 0.3) is 0 Å². The highest BCUT2D eigenvalue weighted by molar-refractivity contribution is 7.92. The van der Waals surface area contributed by atoms with Crippen LogP contribution in [0.5, 0.6) is 0 Å². The summed E-state index contributed by atoms with van der Waals surface area (Å²) in [5.41, 5.74) is 1.24. The summed E-state index contributed by atoms with van der Waals surface area (Å²) in [4.78, 5) is 11.7. The zero-order valence-corrected chi connectivity index (χ0v) is 11.4. The second-order valence-corrected chi connectivity index (χ2v) is 6.65. The summed E-state index contributed by atoms with van der Waals surface area (Å²) >= 11 is 5.90. The number of benzene rings is 1. The number of nitrogens with one attached hydrogen (secondary N) is 1. The maximum absolute atomic E-state index is 11.7. The monoisotopic (exact) mass is 275 g/mol. The molecule has 1 aromatic carbocycles. The molecule has 1 aromatic rings. The molecule has 1 rings (SSSR count). The summed E-state index contributed by atoms with van der Waals surface area (Å²) in [6.45, 7) is 3.10. The maximum atomic E-state index is 11.7. The van der Waals surface area contributed by atoms with Gasteiger partial charge >= 0.3 is 0 Å². The van der Waals surface area contributed by atoms with Crippen LogP contribution in [0.2, 0.25) is 5.02 Å². The van der Waals surface area contributed by atoms with E-state index in [9.17, 15) is 13.2 Å². The van der Waals surface area contributed by atoms with E-state index in [-0.39, 0.29) is 0 Å². The van der Waals surface area contributed by atoms with E-state index in [1.807, 2.05) is 0 Å². The lowest BCUT2D eigenvalue weighted by atomic mass is 10.2. The normalized spacial score (nSPS) is 13.2. The third kappa shape index (κ3) is 3.44. The maximum Gasteiger partial charge on any atom is 0.242 e. The van der Waals surface area contributed by atoms with Crippen LogP contribution in [-0.2, 0) is 14.6 Å². The van der Waals surface area contributed by atoms with E-state index in [0.29, 0.717) is 16.3 Å². The second-order valence-electron chi connectivity index (χ2n) is 3.87. The summed E-state index contributed by atoms with van der Waals surface area (Å²) in [6, 6.07) is 5.07. The quantitative estimate of drug-likeness (QED) is 0.918. The number of carbonyl (C=O) groups is 1. The summed E-state index contributed by atoms with van der Waals surface area (Å²) in [6.07, 6.45) is 1.03. The van der Waals surface area contributed by atoms with Crippen molar-refractivity contribution < 1.29 is 13.2 Å². The van der Waals surface area contributed by atoms with Gasteiger partial charge in [-0.3, -0.25) is 4.79 Å². The molecule has 0 aliphatic carbocycles. The molecular weight excluding hydrogens is 262 g/mol. The van der Waals surface area contributed by atoms with Crippen LogP contribution in [0.15, 0.2) is 18.2 Å².